The predicted octanol–water partition coefficient (Wildman–Crippen LogP) is 3.27. The summed E-state index contributed by atoms with van der Waals surface area (Å²) in [6.07, 6.45) is 0. The number of aryl methyl sites for hydroxylation is 4. The quantitative estimate of drug-likeness (QED) is 0.901. The normalized spacial score (nSPS) is 13.3. The molecular formula is C18H27N3O2S. The van der Waals surface area contributed by atoms with Crippen LogP contribution < -0.4 is 4.72 Å². The van der Waals surface area contributed by atoms with Crippen LogP contribution in [0.15, 0.2) is 17.0 Å². The minimum atomic E-state index is -3.55. The van der Waals surface area contributed by atoms with Gasteiger partial charge in [0.2, 0.25) is 10.0 Å². The predicted molar refractivity (Wildman–Crippen MR) is 97.0 cm³/mol. The highest BCUT2D eigenvalue weighted by molar-refractivity contribution is 7.89. The molecule has 0 aliphatic heterocycles. The van der Waals surface area contributed by atoms with E-state index in [1.54, 1.807) is 0 Å². The zero-order valence-corrected chi connectivity index (χ0v) is 16.4. The van der Waals surface area contributed by atoms with Crippen LogP contribution in [0.3, 0.4) is 0 Å². The van der Waals surface area contributed by atoms with Gasteiger partial charge in [-0.2, -0.15) is 5.10 Å². The third-order valence-corrected chi connectivity index (χ3v) is 6.27. The summed E-state index contributed by atoms with van der Waals surface area (Å²) in [6.45, 7) is 13.9. The van der Waals surface area contributed by atoms with Gasteiger partial charge in [0, 0.05) is 12.2 Å². The van der Waals surface area contributed by atoms with Gasteiger partial charge in [-0.05, 0) is 65.2 Å². The zero-order valence-electron chi connectivity index (χ0n) is 15.6. The molecule has 6 heteroatoms. The molecule has 0 aliphatic rings. The van der Waals surface area contributed by atoms with Crippen molar-refractivity contribution in [2.75, 3.05) is 6.54 Å². The second kappa shape index (κ2) is 6.69. The SMILES string of the molecule is Cc1cc(C)c(S(=O)(=O)NCC(C)n2nc(C)c(C)c2C)c(C)c1. The summed E-state index contributed by atoms with van der Waals surface area (Å²) in [5.74, 6) is 0. The number of aromatic nitrogens is 2. The molecule has 1 N–H and O–H groups in total. The third kappa shape index (κ3) is 3.54. The minimum absolute atomic E-state index is 0.0572. The molecule has 2 aromatic rings. The van der Waals surface area contributed by atoms with E-state index >= 15 is 0 Å². The van der Waals surface area contributed by atoms with Crippen molar-refractivity contribution in [3.63, 3.8) is 0 Å². The molecule has 0 saturated carbocycles. The molecule has 1 aromatic carbocycles. The first-order valence-corrected chi connectivity index (χ1v) is 9.62. The summed E-state index contributed by atoms with van der Waals surface area (Å²) in [6, 6.07) is 3.74. The summed E-state index contributed by atoms with van der Waals surface area (Å²) >= 11 is 0. The van der Waals surface area contributed by atoms with Crippen LogP contribution in [0, 0.1) is 41.5 Å². The number of sulfonamides is 1. The molecule has 0 bridgehead atoms. The number of nitrogens with one attached hydrogen (secondary N) is 1. The minimum Gasteiger partial charge on any atom is -0.265 e. The van der Waals surface area contributed by atoms with E-state index in [0.717, 1.165) is 33.6 Å². The first-order valence-electron chi connectivity index (χ1n) is 8.14. The van der Waals surface area contributed by atoms with Crippen molar-refractivity contribution in [3.05, 3.63) is 45.8 Å². The first-order chi connectivity index (χ1) is 11.0. The van der Waals surface area contributed by atoms with E-state index in [2.05, 4.69) is 9.82 Å². The van der Waals surface area contributed by atoms with E-state index in [1.807, 2.05) is 65.3 Å². The largest absolute Gasteiger partial charge is 0.265 e. The van der Waals surface area contributed by atoms with Gasteiger partial charge in [0.05, 0.1) is 16.6 Å². The summed E-state index contributed by atoms with van der Waals surface area (Å²) in [4.78, 5) is 0.379. The average Bonchev–Trinajstić information content (AvgIpc) is 2.71. The maximum Gasteiger partial charge on any atom is 0.241 e. The van der Waals surface area contributed by atoms with Crippen LogP contribution in [0.25, 0.3) is 0 Å². The van der Waals surface area contributed by atoms with E-state index < -0.39 is 10.0 Å². The van der Waals surface area contributed by atoms with Crippen LogP contribution in [0.5, 0.6) is 0 Å². The van der Waals surface area contributed by atoms with Gasteiger partial charge in [-0.15, -0.1) is 0 Å². The van der Waals surface area contributed by atoms with E-state index in [4.69, 9.17) is 0 Å². The maximum atomic E-state index is 12.7. The zero-order chi connectivity index (χ0) is 18.2. The van der Waals surface area contributed by atoms with Crippen LogP contribution in [-0.2, 0) is 10.0 Å². The molecule has 132 valence electrons. The first kappa shape index (κ1) is 18.7. The fraction of sp³-hybridized carbons (Fsp3) is 0.500. The van der Waals surface area contributed by atoms with Crippen molar-refractivity contribution in [2.24, 2.45) is 0 Å². The molecule has 1 aromatic heterocycles. The fourth-order valence-electron chi connectivity index (χ4n) is 3.15. The molecule has 0 radical (unpaired) electrons. The highest BCUT2D eigenvalue weighted by atomic mass is 32.2. The van der Waals surface area contributed by atoms with Crippen molar-refractivity contribution in [3.8, 4) is 0 Å². The molecule has 0 amide bonds. The topological polar surface area (TPSA) is 64.0 Å². The summed E-state index contributed by atoms with van der Waals surface area (Å²) in [7, 11) is -3.55. The van der Waals surface area contributed by atoms with E-state index in [1.165, 1.54) is 0 Å². The Morgan fingerprint density at radius 3 is 2.08 bits per heavy atom. The van der Waals surface area contributed by atoms with Crippen LogP contribution in [0.1, 0.15) is 46.6 Å². The lowest BCUT2D eigenvalue weighted by Crippen LogP contribution is -2.31. The van der Waals surface area contributed by atoms with E-state index in [-0.39, 0.29) is 6.04 Å². The van der Waals surface area contributed by atoms with Gasteiger partial charge in [0.15, 0.2) is 0 Å². The monoisotopic (exact) mass is 349 g/mol. The van der Waals surface area contributed by atoms with Gasteiger partial charge in [-0.3, -0.25) is 4.68 Å². The van der Waals surface area contributed by atoms with Crippen LogP contribution in [0.4, 0.5) is 0 Å². The maximum absolute atomic E-state index is 12.7. The molecule has 1 unspecified atom stereocenters. The van der Waals surface area contributed by atoms with Gasteiger partial charge in [-0.25, -0.2) is 13.1 Å². The molecule has 5 nitrogen and oxygen atoms in total. The van der Waals surface area contributed by atoms with E-state index in [9.17, 15) is 8.42 Å². The Hall–Kier alpha value is -1.66. The summed E-state index contributed by atoms with van der Waals surface area (Å²) in [5, 5.41) is 4.51. The molecule has 2 rings (SSSR count). The molecule has 0 aliphatic carbocycles. The molecule has 1 atom stereocenters. The fourth-order valence-corrected chi connectivity index (χ4v) is 4.72. The van der Waals surface area contributed by atoms with Crippen molar-refractivity contribution >= 4 is 10.0 Å². The molecule has 24 heavy (non-hydrogen) atoms. The van der Waals surface area contributed by atoms with Crippen molar-refractivity contribution in [1.82, 2.24) is 14.5 Å². The molecule has 1 heterocycles. The average molecular weight is 350 g/mol. The Bertz CT molecular complexity index is 844. The lowest BCUT2D eigenvalue weighted by atomic mass is 10.1. The lowest BCUT2D eigenvalue weighted by molar-refractivity contribution is 0.467. The second-order valence-corrected chi connectivity index (χ2v) is 8.37. The Morgan fingerprint density at radius 1 is 1.08 bits per heavy atom. The van der Waals surface area contributed by atoms with Crippen molar-refractivity contribution in [2.45, 2.75) is 59.4 Å². The molecule has 0 fully saturated rings. The van der Waals surface area contributed by atoms with E-state index in [0.29, 0.717) is 11.4 Å². The van der Waals surface area contributed by atoms with Crippen LogP contribution in [-0.4, -0.2) is 24.7 Å². The van der Waals surface area contributed by atoms with Gasteiger partial charge in [0.1, 0.15) is 0 Å². The smallest absolute Gasteiger partial charge is 0.241 e. The third-order valence-electron chi connectivity index (χ3n) is 4.55. The number of hydrogen-bond acceptors (Lipinski definition) is 3. The van der Waals surface area contributed by atoms with Gasteiger partial charge in [0.25, 0.3) is 0 Å². The van der Waals surface area contributed by atoms with Crippen LogP contribution in [0.2, 0.25) is 0 Å². The molecule has 0 saturated heterocycles. The van der Waals surface area contributed by atoms with Gasteiger partial charge in [-0.1, -0.05) is 17.7 Å². The van der Waals surface area contributed by atoms with Gasteiger partial charge < -0.3 is 0 Å². The highest BCUT2D eigenvalue weighted by Crippen LogP contribution is 2.22. The standard InChI is InChI=1S/C18H27N3O2S/c1-11-8-12(2)18(13(3)9-11)24(22,23)19-10-14(4)21-17(7)15(5)16(6)20-21/h8-9,14,19H,10H2,1-7H3. The number of benzene rings is 1. The number of hydrogen-bond donors (Lipinski definition) is 1. The highest BCUT2D eigenvalue weighted by Gasteiger charge is 2.21. The molecular weight excluding hydrogens is 322 g/mol. The Kier molecular flexibility index (Phi) is 5.20. The Balaban J connectivity index is 2.23. The number of rotatable bonds is 5. The lowest BCUT2D eigenvalue weighted by Gasteiger charge is -2.17. The molecule has 0 spiro atoms. The number of nitrogens with zero attached hydrogens (tertiary/aromatic N) is 2. The van der Waals surface area contributed by atoms with Gasteiger partial charge >= 0.3 is 0 Å². The summed E-state index contributed by atoms with van der Waals surface area (Å²) < 4.78 is 30.1. The second-order valence-electron chi connectivity index (χ2n) is 6.67. The Morgan fingerprint density at radius 2 is 1.62 bits per heavy atom. The van der Waals surface area contributed by atoms with Crippen LogP contribution >= 0.6 is 0 Å². The summed E-state index contributed by atoms with van der Waals surface area (Å²) in [5.41, 5.74) is 5.81. The van der Waals surface area contributed by atoms with Crippen molar-refractivity contribution < 1.29 is 8.42 Å². The Labute approximate surface area is 145 Å². The van der Waals surface area contributed by atoms with Crippen molar-refractivity contribution in [1.29, 1.82) is 0 Å².